The monoisotopic (exact) mass is 582 g/mol. The van der Waals surface area contributed by atoms with Gasteiger partial charge in [-0.1, -0.05) is 25.3 Å². The van der Waals surface area contributed by atoms with Gasteiger partial charge in [0.25, 0.3) is 11.8 Å². The Kier molecular flexibility index (Phi) is 8.80. The van der Waals surface area contributed by atoms with Gasteiger partial charge in [-0.3, -0.25) is 19.2 Å². The zero-order valence-electron chi connectivity index (χ0n) is 24.6. The highest BCUT2D eigenvalue weighted by atomic mass is 16.4. The lowest BCUT2D eigenvalue weighted by Gasteiger charge is -2.06. The van der Waals surface area contributed by atoms with Crippen molar-refractivity contribution < 1.29 is 29.4 Å². The van der Waals surface area contributed by atoms with Gasteiger partial charge in [-0.2, -0.15) is 0 Å². The molecule has 43 heavy (non-hydrogen) atoms. The molecule has 5 N–H and O–H groups in total. The number of carbonyl (C=O) groups is 4. The molecule has 0 unspecified atom stereocenters. The van der Waals surface area contributed by atoms with Gasteiger partial charge >= 0.3 is 11.9 Å². The molecule has 2 aromatic rings. The van der Waals surface area contributed by atoms with Gasteiger partial charge in [-0.25, -0.2) is 4.99 Å². The average Bonchev–Trinajstić information content (AvgIpc) is 3.59. The number of H-pyrrole nitrogens is 2. The third kappa shape index (κ3) is 6.18. The molecule has 0 aliphatic carbocycles. The van der Waals surface area contributed by atoms with E-state index in [1.165, 1.54) is 6.08 Å². The number of allylic oxidation sites excluding steroid dienone is 2. The Morgan fingerprint density at radius 3 is 2.09 bits per heavy atom. The molecule has 0 saturated heterocycles. The third-order valence-corrected chi connectivity index (χ3v) is 7.87. The fraction of sp³-hybridized carbons (Fsp3) is 0.242. The zero-order valence-corrected chi connectivity index (χ0v) is 24.6. The molecule has 222 valence electrons. The van der Waals surface area contributed by atoms with Crippen LogP contribution < -0.4 is 16.0 Å². The number of amides is 2. The van der Waals surface area contributed by atoms with E-state index in [4.69, 9.17) is 0 Å². The van der Waals surface area contributed by atoms with Gasteiger partial charge in [0.05, 0.1) is 5.71 Å². The smallest absolute Gasteiger partial charge is 0.303 e. The fourth-order valence-corrected chi connectivity index (χ4v) is 5.34. The number of hydrogen-bond donors (Lipinski definition) is 5. The molecule has 0 bridgehead atoms. The van der Waals surface area contributed by atoms with E-state index in [1.807, 2.05) is 32.9 Å². The van der Waals surface area contributed by atoms with Crippen LogP contribution in [0.4, 0.5) is 0 Å². The minimum Gasteiger partial charge on any atom is -0.481 e. The quantitative estimate of drug-likeness (QED) is 0.273. The number of carboxylic acids is 2. The van der Waals surface area contributed by atoms with Crippen molar-refractivity contribution in [2.45, 2.75) is 53.4 Å². The summed E-state index contributed by atoms with van der Waals surface area (Å²) in [5.74, 6) is -2.54. The van der Waals surface area contributed by atoms with Crippen molar-refractivity contribution in [2.75, 3.05) is 0 Å². The molecule has 10 nitrogen and oxygen atoms in total. The molecule has 0 atom stereocenters. The highest BCUT2D eigenvalue weighted by Gasteiger charge is 2.25. The lowest BCUT2D eigenvalue weighted by Crippen LogP contribution is -2.15. The van der Waals surface area contributed by atoms with Crippen LogP contribution in [0.1, 0.15) is 66.8 Å². The summed E-state index contributed by atoms with van der Waals surface area (Å²) in [4.78, 5) is 58.3. The number of aromatic nitrogens is 2. The van der Waals surface area contributed by atoms with Crippen LogP contribution in [0.5, 0.6) is 0 Å². The van der Waals surface area contributed by atoms with Crippen molar-refractivity contribution in [2.24, 2.45) is 4.99 Å². The maximum atomic E-state index is 12.4. The minimum absolute atomic E-state index is 0.0968. The normalized spacial score (nSPS) is 16.9. The van der Waals surface area contributed by atoms with Crippen LogP contribution in [-0.4, -0.2) is 49.6 Å². The van der Waals surface area contributed by atoms with Crippen molar-refractivity contribution in [1.82, 2.24) is 15.3 Å². The van der Waals surface area contributed by atoms with E-state index in [0.29, 0.717) is 33.8 Å². The molecule has 2 aliphatic rings. The van der Waals surface area contributed by atoms with Crippen LogP contribution in [0, 0.1) is 13.8 Å². The van der Waals surface area contributed by atoms with E-state index in [0.717, 1.165) is 44.2 Å². The molecule has 2 amide bonds. The first-order valence-corrected chi connectivity index (χ1v) is 13.8. The molecule has 2 aliphatic heterocycles. The van der Waals surface area contributed by atoms with E-state index in [9.17, 15) is 29.4 Å². The Bertz CT molecular complexity index is 1860. The molecule has 0 spiro atoms. The van der Waals surface area contributed by atoms with E-state index in [2.05, 4.69) is 33.4 Å². The van der Waals surface area contributed by atoms with Crippen LogP contribution in [0.2, 0.25) is 0 Å². The molecule has 4 heterocycles. The van der Waals surface area contributed by atoms with Crippen molar-refractivity contribution >= 4 is 53.8 Å². The average molecular weight is 583 g/mol. The third-order valence-electron chi connectivity index (χ3n) is 7.87. The Balaban J connectivity index is 1.85. The predicted octanol–water partition coefficient (Wildman–Crippen LogP) is 3.36. The number of rotatable bonds is 11. The van der Waals surface area contributed by atoms with Gasteiger partial charge in [-0.15, -0.1) is 0 Å². The van der Waals surface area contributed by atoms with Gasteiger partial charge in [0, 0.05) is 57.3 Å². The molecule has 4 rings (SSSR count). The Labute approximate surface area is 248 Å². The molecule has 0 aromatic carbocycles. The van der Waals surface area contributed by atoms with Crippen LogP contribution in [0.15, 0.2) is 52.2 Å². The summed E-state index contributed by atoms with van der Waals surface area (Å²) < 4.78 is 0. The second-order valence-corrected chi connectivity index (χ2v) is 10.5. The summed E-state index contributed by atoms with van der Waals surface area (Å²) in [6.45, 7) is 15.0. The first kappa shape index (κ1) is 30.7. The molecular weight excluding hydrogens is 548 g/mol. The van der Waals surface area contributed by atoms with E-state index < -0.39 is 11.9 Å². The van der Waals surface area contributed by atoms with E-state index in [1.54, 1.807) is 19.1 Å². The number of nitrogens with zero attached hydrogens (tertiary/aromatic N) is 1. The molecule has 10 heteroatoms. The van der Waals surface area contributed by atoms with E-state index >= 15 is 0 Å². The van der Waals surface area contributed by atoms with Gasteiger partial charge in [0.15, 0.2) is 0 Å². The maximum absolute atomic E-state index is 12.4. The SMILES string of the molecule is C=CC1=C(C)C(/C=c2/[nH]/c(=C/c3[nH]c(/C=C4\NC(=O)C(C)=C4CCC(=O)O)c(CCC(=O)O)c3C)c(C=C)c2C)=NC1=O. The molecular formula is C33H34N4O6. The Morgan fingerprint density at radius 1 is 0.814 bits per heavy atom. The number of carboxylic acid groups (broad SMARTS) is 2. The Morgan fingerprint density at radius 2 is 1.49 bits per heavy atom. The molecule has 2 aromatic heterocycles. The minimum atomic E-state index is -0.969. The standard InChI is InChI=1S/C33H34N4O6/c1-7-20-16(3)24(13-26-17(4)21(8-2)33(43)36-26)34-27(20)14-25-18(5)22(9-11-30(38)39)28(35-25)15-29-23(10-12-31(40)41)19(6)32(42)37-29/h7-8,13-15,34-35H,1-2,9-12H2,3-6H3,(H,37,42)(H,38,39)(H,40,41)/b24-13+,27-14+,29-15-. The van der Waals surface area contributed by atoms with Crippen LogP contribution in [0.3, 0.4) is 0 Å². The van der Waals surface area contributed by atoms with Gasteiger partial charge < -0.3 is 25.5 Å². The van der Waals surface area contributed by atoms with E-state index in [-0.39, 0.29) is 37.5 Å². The lowest BCUT2D eigenvalue weighted by molar-refractivity contribution is -0.138. The first-order chi connectivity index (χ1) is 20.4. The number of aromatic amines is 2. The maximum Gasteiger partial charge on any atom is 0.303 e. The van der Waals surface area contributed by atoms with Crippen LogP contribution in [-0.2, 0) is 25.6 Å². The van der Waals surface area contributed by atoms with Gasteiger partial charge in [-0.05, 0) is 86.6 Å². The Hall–Kier alpha value is -5.25. The topological polar surface area (TPSA) is 165 Å². The number of aliphatic carboxylic acids is 2. The summed E-state index contributed by atoms with van der Waals surface area (Å²) in [5.41, 5.74) is 8.01. The summed E-state index contributed by atoms with van der Waals surface area (Å²) in [6.07, 6.45) is 8.89. The summed E-state index contributed by atoms with van der Waals surface area (Å²) >= 11 is 0. The summed E-state index contributed by atoms with van der Waals surface area (Å²) in [6, 6.07) is 0. The van der Waals surface area contributed by atoms with Gasteiger partial charge in [0.1, 0.15) is 0 Å². The molecule has 0 saturated carbocycles. The van der Waals surface area contributed by atoms with Crippen molar-refractivity contribution in [3.63, 3.8) is 0 Å². The van der Waals surface area contributed by atoms with Crippen molar-refractivity contribution in [1.29, 1.82) is 0 Å². The second kappa shape index (κ2) is 12.3. The second-order valence-electron chi connectivity index (χ2n) is 10.5. The molecule has 0 radical (unpaired) electrons. The molecule has 0 fully saturated rings. The van der Waals surface area contributed by atoms with Crippen molar-refractivity contribution in [3.8, 4) is 0 Å². The van der Waals surface area contributed by atoms with Crippen molar-refractivity contribution in [3.05, 3.63) is 91.6 Å². The van der Waals surface area contributed by atoms with Crippen LogP contribution >= 0.6 is 0 Å². The highest BCUT2D eigenvalue weighted by Crippen LogP contribution is 2.29. The lowest BCUT2D eigenvalue weighted by atomic mass is 10.0. The summed E-state index contributed by atoms with van der Waals surface area (Å²) in [7, 11) is 0. The number of aliphatic imine (C=N–C) groups is 1. The number of nitrogens with one attached hydrogen (secondary N) is 3. The number of hydrogen-bond acceptors (Lipinski definition) is 4. The first-order valence-electron chi connectivity index (χ1n) is 13.8. The highest BCUT2D eigenvalue weighted by molar-refractivity contribution is 6.31. The van der Waals surface area contributed by atoms with Gasteiger partial charge in [0.2, 0.25) is 0 Å². The predicted molar refractivity (Wildman–Crippen MR) is 165 cm³/mol. The fourth-order valence-electron chi connectivity index (χ4n) is 5.34. The largest absolute Gasteiger partial charge is 0.481 e. The van der Waals surface area contributed by atoms with Crippen LogP contribution in [0.25, 0.3) is 24.3 Å². The zero-order chi connectivity index (χ0) is 31.6. The number of carbonyl (C=O) groups excluding carboxylic acids is 2. The summed E-state index contributed by atoms with van der Waals surface area (Å²) in [5, 5.41) is 22.9.